The van der Waals surface area contributed by atoms with Crippen LogP contribution in [0, 0.1) is 11.8 Å². The maximum Gasteiger partial charge on any atom is 0.274 e. The average Bonchev–Trinajstić information content (AvgIpc) is 3.22. The van der Waals surface area contributed by atoms with Gasteiger partial charge in [0.05, 0.1) is 16.2 Å². The van der Waals surface area contributed by atoms with Crippen molar-refractivity contribution in [2.24, 2.45) is 5.73 Å². The number of nitrogens with zero attached hydrogens (tertiary/aromatic N) is 2. The number of alkyl halides is 1. The molecule has 5 N–H and O–H groups in total. The highest BCUT2D eigenvalue weighted by atomic mass is 79.9. The normalized spacial score (nSPS) is 17.7. The largest absolute Gasteiger partial charge is 0.465 e. The number of halogens is 2. The lowest BCUT2D eigenvalue weighted by Gasteiger charge is -2.31. The van der Waals surface area contributed by atoms with E-state index >= 15 is 0 Å². The molecule has 34 heavy (non-hydrogen) atoms. The Morgan fingerprint density at radius 3 is 2.91 bits per heavy atom. The molecule has 0 radical (unpaired) electrons. The fourth-order valence-corrected chi connectivity index (χ4v) is 3.61. The second-order valence-electron chi connectivity index (χ2n) is 7.87. The minimum absolute atomic E-state index is 0.00375. The molecule has 7 nitrogen and oxygen atoms in total. The van der Waals surface area contributed by atoms with E-state index < -0.39 is 12.2 Å². The number of hydrogen-bond donors (Lipinski definition) is 4. The topological polar surface area (TPSA) is 95.7 Å². The number of allylic oxidation sites excluding steroid dienone is 7. The number of thiazole rings is 1. The van der Waals surface area contributed by atoms with E-state index in [0.717, 1.165) is 11.3 Å². The van der Waals surface area contributed by atoms with Gasteiger partial charge in [0.25, 0.3) is 5.19 Å². The molecule has 2 unspecified atom stereocenters. The molecule has 0 bridgehead atoms. The van der Waals surface area contributed by atoms with Crippen molar-refractivity contribution in [3.05, 3.63) is 64.6 Å². The van der Waals surface area contributed by atoms with Gasteiger partial charge in [0.1, 0.15) is 12.4 Å². The number of hydrazine groups is 2. The Hall–Kier alpha value is -2.26. The minimum Gasteiger partial charge on any atom is -0.465 e. The number of aliphatic hydroxyl groups excluding tert-OH is 1. The minimum atomic E-state index is -1.45. The fraction of sp³-hybridized carbons (Fsp3) is 0.375. The lowest BCUT2D eigenvalue weighted by molar-refractivity contribution is -0.0143. The molecule has 1 aromatic heterocycles. The van der Waals surface area contributed by atoms with E-state index in [2.05, 4.69) is 50.3 Å². The van der Waals surface area contributed by atoms with Crippen molar-refractivity contribution >= 4 is 32.8 Å². The van der Waals surface area contributed by atoms with Crippen molar-refractivity contribution in [1.82, 2.24) is 21.0 Å². The van der Waals surface area contributed by atoms with Crippen LogP contribution in [0.25, 0.3) is 5.57 Å². The first-order valence-electron chi connectivity index (χ1n) is 10.6. The van der Waals surface area contributed by atoms with Crippen LogP contribution in [0.2, 0.25) is 0 Å². The molecule has 1 heterocycles. The Labute approximate surface area is 213 Å². The summed E-state index contributed by atoms with van der Waals surface area (Å²) in [4.78, 5) is 4.57. The van der Waals surface area contributed by atoms with Crippen molar-refractivity contribution in [3.63, 3.8) is 0 Å². The summed E-state index contributed by atoms with van der Waals surface area (Å²) in [6, 6.07) is 0.0326. The molecule has 0 saturated heterocycles. The fourth-order valence-electron chi connectivity index (χ4n) is 2.62. The quantitative estimate of drug-likeness (QED) is 0.107. The molecular weight excluding hydrogens is 521 g/mol. The third kappa shape index (κ3) is 8.83. The highest BCUT2D eigenvalue weighted by Gasteiger charge is 2.18. The molecular formula is C24H31BrFN5O2S. The zero-order valence-corrected chi connectivity index (χ0v) is 22.1. The molecule has 2 rings (SSSR count). The summed E-state index contributed by atoms with van der Waals surface area (Å²) in [6.45, 7) is 10.8. The van der Waals surface area contributed by atoms with Gasteiger partial charge in [-0.2, -0.15) is 5.53 Å². The molecule has 0 aliphatic heterocycles. The molecule has 0 amide bonds. The van der Waals surface area contributed by atoms with Crippen LogP contribution in [0.15, 0.2) is 58.9 Å². The zero-order chi connectivity index (χ0) is 25.3. The van der Waals surface area contributed by atoms with Gasteiger partial charge in [-0.25, -0.2) is 14.8 Å². The van der Waals surface area contributed by atoms with Crippen LogP contribution in [0.3, 0.4) is 0 Å². The predicted molar refractivity (Wildman–Crippen MR) is 140 cm³/mol. The molecule has 2 atom stereocenters. The van der Waals surface area contributed by atoms with Gasteiger partial charge in [0.15, 0.2) is 6.35 Å². The Morgan fingerprint density at radius 1 is 1.53 bits per heavy atom. The molecule has 0 aromatic carbocycles. The Kier molecular flexibility index (Phi) is 11.2. The standard InChI is InChI=1S/C24H31BrFN5O2S/c1-15(2)20(26)12-22(31(23(27)32)30-29-16(3)4)17(5)13-33-24-28-21(14-34-24)18-8-6-7-9-19(25)11-10-18/h8,10-12,14,16,19,23,29-30,32H,1,6,13,27H2,2-5H3. The van der Waals surface area contributed by atoms with E-state index in [1.54, 1.807) is 13.8 Å². The van der Waals surface area contributed by atoms with Gasteiger partial charge in [-0.3, -0.25) is 10.7 Å². The van der Waals surface area contributed by atoms with Gasteiger partial charge in [0, 0.05) is 17.8 Å². The second-order valence-corrected chi connectivity index (χ2v) is 9.67. The molecule has 0 fully saturated rings. The van der Waals surface area contributed by atoms with Crippen molar-refractivity contribution in [1.29, 1.82) is 0 Å². The lowest BCUT2D eigenvalue weighted by Crippen LogP contribution is -2.56. The molecule has 0 saturated carbocycles. The van der Waals surface area contributed by atoms with Gasteiger partial charge in [-0.15, -0.1) is 0 Å². The van der Waals surface area contributed by atoms with Gasteiger partial charge >= 0.3 is 0 Å². The van der Waals surface area contributed by atoms with Crippen LogP contribution < -0.4 is 21.4 Å². The summed E-state index contributed by atoms with van der Waals surface area (Å²) < 4.78 is 20.4. The third-order valence-corrected chi connectivity index (χ3v) is 5.69. The number of aromatic nitrogens is 1. The molecule has 10 heteroatoms. The molecule has 1 aromatic rings. The Morgan fingerprint density at radius 2 is 2.26 bits per heavy atom. The van der Waals surface area contributed by atoms with E-state index in [-0.39, 0.29) is 23.0 Å². The summed E-state index contributed by atoms with van der Waals surface area (Å²) in [5.74, 6) is 5.61. The molecule has 0 spiro atoms. The van der Waals surface area contributed by atoms with Crippen molar-refractivity contribution in [2.75, 3.05) is 6.61 Å². The summed E-state index contributed by atoms with van der Waals surface area (Å²) in [6.07, 6.45) is 6.40. The van der Waals surface area contributed by atoms with Crippen molar-refractivity contribution in [3.8, 4) is 17.0 Å². The number of aliphatic hydroxyl groups is 1. The molecule has 1 aliphatic rings. The van der Waals surface area contributed by atoms with Crippen LogP contribution in [-0.2, 0) is 0 Å². The second kappa shape index (κ2) is 13.6. The number of nitrogens with one attached hydrogen (secondary N) is 2. The molecule has 1 aliphatic carbocycles. The van der Waals surface area contributed by atoms with Gasteiger partial charge in [-0.1, -0.05) is 63.9 Å². The van der Waals surface area contributed by atoms with Crippen LogP contribution in [0.5, 0.6) is 5.19 Å². The van der Waals surface area contributed by atoms with Crippen molar-refractivity contribution in [2.45, 2.75) is 51.3 Å². The van der Waals surface area contributed by atoms with E-state index in [9.17, 15) is 9.50 Å². The summed E-state index contributed by atoms with van der Waals surface area (Å²) in [5, 5.41) is 13.7. The maximum absolute atomic E-state index is 14.5. The van der Waals surface area contributed by atoms with Gasteiger partial charge in [0.2, 0.25) is 0 Å². The molecule has 184 valence electrons. The highest BCUT2D eigenvalue weighted by Crippen LogP contribution is 2.26. The van der Waals surface area contributed by atoms with E-state index in [4.69, 9.17) is 10.5 Å². The number of nitrogens with two attached hydrogens (primary N) is 1. The highest BCUT2D eigenvalue weighted by molar-refractivity contribution is 9.09. The first-order valence-corrected chi connectivity index (χ1v) is 12.4. The van der Waals surface area contributed by atoms with Gasteiger partial charge in [-0.05, 0) is 50.5 Å². The van der Waals surface area contributed by atoms with E-state index in [1.807, 2.05) is 37.5 Å². The van der Waals surface area contributed by atoms with Gasteiger partial charge < -0.3 is 9.84 Å². The van der Waals surface area contributed by atoms with Crippen molar-refractivity contribution < 1.29 is 14.2 Å². The maximum atomic E-state index is 14.5. The van der Waals surface area contributed by atoms with Crippen LogP contribution in [-0.4, -0.2) is 38.9 Å². The smallest absolute Gasteiger partial charge is 0.274 e. The lowest BCUT2D eigenvalue weighted by atomic mass is 10.1. The number of ether oxygens (including phenoxy) is 1. The Balaban J connectivity index is 2.26. The summed E-state index contributed by atoms with van der Waals surface area (Å²) >= 11 is 4.85. The van der Waals surface area contributed by atoms with Crippen LogP contribution in [0.1, 0.15) is 39.8 Å². The number of rotatable bonds is 11. The SMILES string of the molecule is C=C(C)C(F)=CC(=C(C)COc1nc(C2=CCC#CC(Br)C=C2)cs1)N(NNC(C)C)C(N)O. The third-order valence-electron chi connectivity index (χ3n) is 4.41. The monoisotopic (exact) mass is 551 g/mol. The summed E-state index contributed by atoms with van der Waals surface area (Å²) in [5.41, 5.74) is 14.4. The Bertz CT molecular complexity index is 1050. The van der Waals surface area contributed by atoms with Crippen LogP contribution in [0.4, 0.5) is 4.39 Å². The predicted octanol–water partition coefficient (Wildman–Crippen LogP) is 4.29. The summed E-state index contributed by atoms with van der Waals surface area (Å²) in [7, 11) is 0. The number of hydrogen-bond acceptors (Lipinski definition) is 8. The first kappa shape index (κ1) is 28.0. The van der Waals surface area contributed by atoms with Crippen LogP contribution >= 0.6 is 27.3 Å². The van der Waals surface area contributed by atoms with E-state index in [0.29, 0.717) is 22.9 Å². The zero-order valence-electron chi connectivity index (χ0n) is 19.7. The van der Waals surface area contributed by atoms with E-state index in [1.165, 1.54) is 22.4 Å². The first-order chi connectivity index (χ1) is 16.1. The average molecular weight is 553 g/mol.